The summed E-state index contributed by atoms with van der Waals surface area (Å²) in [6.07, 6.45) is 8.46. The van der Waals surface area contributed by atoms with Gasteiger partial charge < -0.3 is 39.7 Å². The second-order valence-electron chi connectivity index (χ2n) is 25.2. The van der Waals surface area contributed by atoms with Crippen molar-refractivity contribution in [3.05, 3.63) is 331 Å². The molecule has 16 aromatic rings. The van der Waals surface area contributed by atoms with Crippen molar-refractivity contribution in [2.75, 3.05) is 19.0 Å². The number of carbonyl (C=O) groups is 4. The number of aromatic nitrogens is 4. The predicted molar refractivity (Wildman–Crippen MR) is 451 cm³/mol. The SMILES string of the molecule is CC(=O)C=C(C)O.CC(=O)C=C(C)O.CC(=O)C=C(C)O.CC(=O)C=C(C)O.CN(C)c1ccc2[c-]c(-c3nc4ccccc4s3)c(=O)oc2c1.[Ir].[Ir].[Ir].[Ir].[c-]1cc2ccccc2cc1-c1nccc2ccccc12.[c-]1ccc2ccccc2c1-c1cc2ccccc2cn1.[c-]1ccc2ccccc2c1-c1nc2ccccc2s1. The van der Waals surface area contributed by atoms with E-state index in [4.69, 9.17) is 29.8 Å². The Morgan fingerprint density at radius 2 is 0.833 bits per heavy atom. The summed E-state index contributed by atoms with van der Waals surface area (Å²) in [6.45, 7) is 11.4. The minimum absolute atomic E-state index is 0. The van der Waals surface area contributed by atoms with E-state index in [0.717, 1.165) is 65.3 Å². The van der Waals surface area contributed by atoms with Crippen LogP contribution in [0, 0.1) is 24.3 Å². The summed E-state index contributed by atoms with van der Waals surface area (Å²) in [5.41, 5.74) is 8.59. The Bertz CT molecular complexity index is 5810. The van der Waals surface area contributed by atoms with Crippen LogP contribution in [0.4, 0.5) is 5.69 Å². The molecule has 4 radical (unpaired) electrons. The Hall–Kier alpha value is -10.8. The average Bonchev–Trinajstić information content (AvgIpc) is 1.41. The van der Waals surface area contributed by atoms with Gasteiger partial charge >= 0.3 is 0 Å². The molecule has 0 saturated heterocycles. The van der Waals surface area contributed by atoms with Crippen molar-refractivity contribution in [3.63, 3.8) is 0 Å². The molecule has 0 amide bonds. The number of allylic oxidation sites excluding steroid dienone is 8. The minimum Gasteiger partial charge on any atom is -0.512 e. The van der Waals surface area contributed by atoms with Gasteiger partial charge in [0.05, 0.1) is 44.7 Å². The summed E-state index contributed by atoms with van der Waals surface area (Å²) in [5, 5.41) is 47.9. The summed E-state index contributed by atoms with van der Waals surface area (Å²) < 4.78 is 7.75. The Morgan fingerprint density at radius 3 is 1.31 bits per heavy atom. The fraction of sp³-hybridized carbons (Fsp3) is 0.108. The van der Waals surface area contributed by atoms with Gasteiger partial charge in [-0.2, -0.15) is 22.7 Å². The maximum atomic E-state index is 12.3. The van der Waals surface area contributed by atoms with Crippen LogP contribution in [0.2, 0.25) is 0 Å². The van der Waals surface area contributed by atoms with Gasteiger partial charge in [-0.3, -0.25) is 33.9 Å². The number of aliphatic hydroxyl groups excluding tert-OH is 4. The number of para-hydroxylation sites is 2. The Balaban J connectivity index is 0.000000242. The molecular formula is C93H79Ir4N5O10S2-4. The van der Waals surface area contributed by atoms with Gasteiger partial charge in [-0.25, -0.2) is 0 Å². The number of thiazole rings is 2. The van der Waals surface area contributed by atoms with Crippen molar-refractivity contribution in [1.82, 2.24) is 19.9 Å². The molecule has 16 rings (SSSR count). The molecule has 15 nitrogen and oxygen atoms in total. The smallest absolute Gasteiger partial charge is 0.269 e. The van der Waals surface area contributed by atoms with E-state index >= 15 is 0 Å². The molecule has 5 aromatic heterocycles. The number of hydrogen-bond acceptors (Lipinski definition) is 17. The molecule has 588 valence electrons. The van der Waals surface area contributed by atoms with Crippen molar-refractivity contribution >= 4 is 137 Å². The van der Waals surface area contributed by atoms with E-state index in [1.165, 1.54) is 144 Å². The molecule has 0 aliphatic carbocycles. The molecule has 21 heteroatoms. The van der Waals surface area contributed by atoms with Gasteiger partial charge in [-0.15, -0.1) is 99.6 Å². The number of pyridine rings is 2. The number of ketones is 4. The Labute approximate surface area is 723 Å². The fourth-order valence-corrected chi connectivity index (χ4v) is 13.1. The number of aliphatic hydroxyl groups is 4. The van der Waals surface area contributed by atoms with Crippen LogP contribution in [0.15, 0.2) is 306 Å². The first-order valence-corrected chi connectivity index (χ1v) is 36.3. The molecule has 0 atom stereocenters. The number of nitrogens with zero attached hydrogens (tertiary/aromatic N) is 5. The van der Waals surface area contributed by atoms with Crippen molar-refractivity contribution in [3.8, 4) is 43.7 Å². The van der Waals surface area contributed by atoms with Crippen molar-refractivity contribution in [2.45, 2.75) is 55.4 Å². The van der Waals surface area contributed by atoms with Crippen LogP contribution < -0.4 is 10.5 Å². The van der Waals surface area contributed by atoms with E-state index in [0.29, 0.717) is 16.2 Å². The Morgan fingerprint density at radius 1 is 0.421 bits per heavy atom. The molecule has 0 saturated carbocycles. The van der Waals surface area contributed by atoms with E-state index in [-0.39, 0.29) is 127 Å². The molecule has 11 aromatic carbocycles. The van der Waals surface area contributed by atoms with Crippen LogP contribution in [0.1, 0.15) is 55.4 Å². The van der Waals surface area contributed by atoms with Gasteiger partial charge in [0.25, 0.3) is 5.63 Å². The number of fused-ring (bicyclic) bond motifs is 8. The summed E-state index contributed by atoms with van der Waals surface area (Å²) in [4.78, 5) is 72.8. The molecule has 0 unspecified atom stereocenters. The second kappa shape index (κ2) is 46.4. The molecular weight excluding hydrogens is 2180 g/mol. The predicted octanol–water partition coefficient (Wildman–Crippen LogP) is 22.7. The van der Waals surface area contributed by atoms with Crippen LogP contribution in [-0.2, 0) is 99.6 Å². The maximum absolute atomic E-state index is 12.3. The van der Waals surface area contributed by atoms with Crippen LogP contribution in [0.5, 0.6) is 0 Å². The van der Waals surface area contributed by atoms with Gasteiger partial charge in [0.15, 0.2) is 23.1 Å². The summed E-state index contributed by atoms with van der Waals surface area (Å²) in [5.74, 6) is -0.250. The molecule has 0 fully saturated rings. The quantitative estimate of drug-likeness (QED) is 0.0455. The van der Waals surface area contributed by atoms with E-state index in [1.54, 1.807) is 11.3 Å². The molecule has 4 N–H and O–H groups in total. The molecule has 0 aliphatic rings. The number of rotatable bonds is 9. The maximum Gasteiger partial charge on any atom is 0.269 e. The van der Waals surface area contributed by atoms with E-state index < -0.39 is 5.63 Å². The zero-order chi connectivity index (χ0) is 78.8. The number of carbonyl (C=O) groups excluding carboxylic acids is 4. The third kappa shape index (κ3) is 27.8. The first-order chi connectivity index (χ1) is 52.9. The molecule has 5 heterocycles. The van der Waals surface area contributed by atoms with Gasteiger partial charge in [0, 0.05) is 151 Å². The number of anilines is 1. The van der Waals surface area contributed by atoms with Gasteiger partial charge in [0.2, 0.25) is 0 Å². The van der Waals surface area contributed by atoms with Gasteiger partial charge in [0.1, 0.15) is 0 Å². The topological polar surface area (TPSA) is 234 Å². The van der Waals surface area contributed by atoms with Crippen LogP contribution in [-0.4, -0.2) is 77.6 Å². The second-order valence-corrected chi connectivity index (χ2v) is 27.2. The Kier molecular flexibility index (Phi) is 38.2. The summed E-state index contributed by atoms with van der Waals surface area (Å²) in [6, 6.07) is 93.1. The number of benzene rings is 11. The largest absolute Gasteiger partial charge is 0.512 e. The average molecular weight is 2260 g/mol. The molecule has 0 spiro atoms. The third-order valence-corrected chi connectivity index (χ3v) is 17.9. The summed E-state index contributed by atoms with van der Waals surface area (Å²) >= 11 is 3.19. The monoisotopic (exact) mass is 2260 g/mol. The van der Waals surface area contributed by atoms with E-state index in [1.807, 2.05) is 116 Å². The standard InChI is InChI=1S/2C19H12N.C18H13N2O2S.C17H10NS.4C5H8O2.4Ir/c1-2-8-16-13-20-19(12-15(16)7-1)18-11-5-9-14-6-3-4-10-17(14)18;1-2-7-16-13-17(10-9-14(16)5-1)19-18-8-4-3-6-15(18)11-12-20-19;1-20(2)12-8-7-11-9-13(18(21)22-15(11)10-12)17-19-14-5-3-4-6-16(14)23-17;1-2-8-13-12(6-1)7-5-9-14(13)17-18-15-10-3-4-11-16(15)19-17;4*1-4(6)3-5(2)7;;;;/h1-10,12-13H;1-9,11-13H;3-8,10H,1-2H3;1-8,10-11H;4*3,6H,1-2H3;;;;/q4*-1;;;;;;;;. The van der Waals surface area contributed by atoms with Crippen LogP contribution in [0.25, 0.3) is 129 Å². The van der Waals surface area contributed by atoms with Crippen molar-refractivity contribution in [1.29, 1.82) is 0 Å². The zero-order valence-corrected chi connectivity index (χ0v) is 74.8. The zero-order valence-electron chi connectivity index (χ0n) is 63.6. The first-order valence-electron chi connectivity index (χ1n) is 34.7. The molecule has 0 aliphatic heterocycles. The third-order valence-electron chi connectivity index (χ3n) is 15.7. The summed E-state index contributed by atoms with van der Waals surface area (Å²) in [7, 11) is 3.89. The minimum atomic E-state index is -0.410. The number of hydrogen-bond donors (Lipinski definition) is 4. The molecule has 114 heavy (non-hydrogen) atoms. The normalized spacial score (nSPS) is 10.8. The fourth-order valence-electron chi connectivity index (χ4n) is 11.1. The van der Waals surface area contributed by atoms with E-state index in [9.17, 15) is 24.0 Å². The van der Waals surface area contributed by atoms with Crippen molar-refractivity contribution in [2.24, 2.45) is 0 Å². The van der Waals surface area contributed by atoms with Gasteiger partial charge in [-0.1, -0.05) is 179 Å². The first kappa shape index (κ1) is 93.8. The van der Waals surface area contributed by atoms with Crippen LogP contribution >= 0.6 is 22.7 Å². The van der Waals surface area contributed by atoms with E-state index in [2.05, 4.69) is 191 Å². The molecule has 0 bridgehead atoms. The van der Waals surface area contributed by atoms with Crippen LogP contribution in [0.3, 0.4) is 0 Å². The van der Waals surface area contributed by atoms with Gasteiger partial charge in [-0.05, 0) is 130 Å². The van der Waals surface area contributed by atoms with Crippen molar-refractivity contribution < 1.29 is 124 Å².